The molecule has 0 aliphatic heterocycles. The molecule has 2 aromatic rings. The van der Waals surface area contributed by atoms with Crippen LogP contribution in [0.15, 0.2) is 42.5 Å². The Morgan fingerprint density at radius 1 is 1.04 bits per heavy atom. The van der Waals surface area contributed by atoms with Crippen molar-refractivity contribution < 1.29 is 32.6 Å². The fourth-order valence-corrected chi connectivity index (χ4v) is 1.83. The van der Waals surface area contributed by atoms with E-state index in [2.05, 4.69) is 0 Å². The molecule has 0 amide bonds. The summed E-state index contributed by atoms with van der Waals surface area (Å²) < 4.78 is 42.9. The molecule has 4 nitrogen and oxygen atoms in total. The molecule has 23 heavy (non-hydrogen) atoms. The first kappa shape index (κ1) is 16.8. The Kier molecular flexibility index (Phi) is 4.60. The minimum absolute atomic E-state index is 0.0168. The third-order valence-corrected chi connectivity index (χ3v) is 3.07. The fraction of sp³-hybridized carbons (Fsp3) is 0.0667. The molecule has 0 aliphatic carbocycles. The second-order valence-electron chi connectivity index (χ2n) is 4.41. The van der Waals surface area contributed by atoms with Crippen LogP contribution in [0.2, 0.25) is 5.02 Å². The summed E-state index contributed by atoms with van der Waals surface area (Å²) >= 11 is 5.66. The number of aromatic carboxylic acids is 1. The van der Waals surface area contributed by atoms with Crippen molar-refractivity contribution in [3.8, 4) is 5.75 Å². The molecule has 0 bridgehead atoms. The van der Waals surface area contributed by atoms with Crippen molar-refractivity contribution in [2.75, 3.05) is 0 Å². The average Bonchev–Trinajstić information content (AvgIpc) is 2.46. The van der Waals surface area contributed by atoms with Crippen LogP contribution in [0.5, 0.6) is 5.75 Å². The second kappa shape index (κ2) is 6.29. The summed E-state index contributed by atoms with van der Waals surface area (Å²) in [5, 5.41) is 9.34. The maximum Gasteiger partial charge on any atom is 0.416 e. The lowest BCUT2D eigenvalue weighted by Crippen LogP contribution is -2.13. The molecule has 0 atom stereocenters. The van der Waals surface area contributed by atoms with Crippen molar-refractivity contribution in [2.24, 2.45) is 0 Å². The first-order chi connectivity index (χ1) is 10.7. The maximum absolute atomic E-state index is 12.7. The number of rotatable bonds is 3. The van der Waals surface area contributed by atoms with Gasteiger partial charge in [0.25, 0.3) is 0 Å². The highest BCUT2D eigenvalue weighted by Gasteiger charge is 2.32. The second-order valence-corrected chi connectivity index (χ2v) is 4.85. The molecule has 0 saturated carbocycles. The number of ether oxygens (including phenoxy) is 1. The Morgan fingerprint density at radius 2 is 1.65 bits per heavy atom. The van der Waals surface area contributed by atoms with E-state index in [9.17, 15) is 22.8 Å². The lowest BCUT2D eigenvalue weighted by molar-refractivity contribution is -0.137. The highest BCUT2D eigenvalue weighted by atomic mass is 35.5. The topological polar surface area (TPSA) is 63.6 Å². The fourth-order valence-electron chi connectivity index (χ4n) is 1.70. The SMILES string of the molecule is O=C(Oc1cc(C(F)(F)F)ccc1C(=O)O)c1ccc(Cl)cc1. The minimum atomic E-state index is -4.70. The Morgan fingerprint density at radius 3 is 2.17 bits per heavy atom. The molecule has 0 unspecified atom stereocenters. The van der Waals surface area contributed by atoms with Crippen LogP contribution < -0.4 is 4.74 Å². The highest BCUT2D eigenvalue weighted by Crippen LogP contribution is 2.33. The average molecular weight is 345 g/mol. The van der Waals surface area contributed by atoms with Crippen LogP contribution in [0.25, 0.3) is 0 Å². The minimum Gasteiger partial charge on any atom is -0.478 e. The number of esters is 1. The largest absolute Gasteiger partial charge is 0.478 e. The zero-order valence-electron chi connectivity index (χ0n) is 11.2. The Balaban J connectivity index is 2.38. The number of carbonyl (C=O) groups is 2. The molecule has 2 aromatic carbocycles. The Bertz CT molecular complexity index is 754. The lowest BCUT2D eigenvalue weighted by Gasteiger charge is -2.11. The lowest BCUT2D eigenvalue weighted by atomic mass is 10.1. The van der Waals surface area contributed by atoms with Gasteiger partial charge in [-0.1, -0.05) is 11.6 Å². The van der Waals surface area contributed by atoms with Crippen LogP contribution in [0.4, 0.5) is 13.2 Å². The molecular weight excluding hydrogens is 337 g/mol. The number of carboxylic acid groups (broad SMARTS) is 1. The molecule has 0 aliphatic rings. The summed E-state index contributed by atoms with van der Waals surface area (Å²) in [4.78, 5) is 23.0. The third kappa shape index (κ3) is 4.01. The van der Waals surface area contributed by atoms with Gasteiger partial charge in [-0.25, -0.2) is 9.59 Å². The molecule has 0 saturated heterocycles. The monoisotopic (exact) mass is 344 g/mol. The molecular formula is C15H8ClF3O4. The first-order valence-corrected chi connectivity index (χ1v) is 6.48. The van der Waals surface area contributed by atoms with Crippen LogP contribution in [-0.4, -0.2) is 17.0 Å². The summed E-state index contributed by atoms with van der Waals surface area (Å²) in [5.74, 6) is -3.20. The molecule has 2 rings (SSSR count). The summed E-state index contributed by atoms with van der Waals surface area (Å²) in [6.45, 7) is 0. The molecule has 120 valence electrons. The van der Waals surface area contributed by atoms with Crippen molar-refractivity contribution in [1.29, 1.82) is 0 Å². The first-order valence-electron chi connectivity index (χ1n) is 6.11. The summed E-state index contributed by atoms with van der Waals surface area (Å²) in [6, 6.07) is 7.19. The summed E-state index contributed by atoms with van der Waals surface area (Å²) in [6.07, 6.45) is -4.70. The number of carbonyl (C=O) groups excluding carboxylic acids is 1. The van der Waals surface area contributed by atoms with Gasteiger partial charge in [0.05, 0.1) is 11.1 Å². The van der Waals surface area contributed by atoms with Gasteiger partial charge in [0.2, 0.25) is 0 Å². The van der Waals surface area contributed by atoms with Gasteiger partial charge in [-0.15, -0.1) is 0 Å². The molecule has 0 aromatic heterocycles. The molecule has 0 radical (unpaired) electrons. The Hall–Kier alpha value is -2.54. The zero-order valence-corrected chi connectivity index (χ0v) is 12.0. The van der Waals surface area contributed by atoms with Gasteiger partial charge in [-0.3, -0.25) is 0 Å². The van der Waals surface area contributed by atoms with Gasteiger partial charge in [0, 0.05) is 5.02 Å². The number of alkyl halides is 3. The quantitative estimate of drug-likeness (QED) is 0.667. The van der Waals surface area contributed by atoms with E-state index in [1.54, 1.807) is 0 Å². The van der Waals surface area contributed by atoms with E-state index >= 15 is 0 Å². The van der Waals surface area contributed by atoms with E-state index in [0.29, 0.717) is 17.2 Å². The standard InChI is InChI=1S/C15H8ClF3O4/c16-10-4-1-8(2-5-10)14(22)23-12-7-9(15(17,18)19)3-6-11(12)13(20)21/h1-7H,(H,20,21). The predicted octanol–water partition coefficient (Wildman–Crippen LogP) is 4.28. The van der Waals surface area contributed by atoms with E-state index in [-0.39, 0.29) is 5.56 Å². The zero-order chi connectivity index (χ0) is 17.2. The van der Waals surface area contributed by atoms with E-state index in [0.717, 1.165) is 6.07 Å². The van der Waals surface area contributed by atoms with Gasteiger partial charge in [0.15, 0.2) is 0 Å². The number of halogens is 4. The highest BCUT2D eigenvalue weighted by molar-refractivity contribution is 6.30. The van der Waals surface area contributed by atoms with Crippen molar-refractivity contribution in [3.05, 3.63) is 64.2 Å². The Labute approximate surface area is 133 Å². The number of benzene rings is 2. The van der Waals surface area contributed by atoms with Gasteiger partial charge >= 0.3 is 18.1 Å². The third-order valence-electron chi connectivity index (χ3n) is 2.82. The van der Waals surface area contributed by atoms with E-state index in [4.69, 9.17) is 21.4 Å². The van der Waals surface area contributed by atoms with Crippen molar-refractivity contribution >= 4 is 23.5 Å². The normalized spacial score (nSPS) is 11.1. The number of carboxylic acids is 1. The van der Waals surface area contributed by atoms with Gasteiger partial charge < -0.3 is 9.84 Å². The van der Waals surface area contributed by atoms with Gasteiger partial charge in [-0.2, -0.15) is 13.2 Å². The molecule has 8 heteroatoms. The number of hydrogen-bond acceptors (Lipinski definition) is 3. The molecule has 1 N–H and O–H groups in total. The van der Waals surface area contributed by atoms with Crippen molar-refractivity contribution in [2.45, 2.75) is 6.18 Å². The van der Waals surface area contributed by atoms with Crippen LogP contribution in [0.1, 0.15) is 26.3 Å². The number of hydrogen-bond donors (Lipinski definition) is 1. The van der Waals surface area contributed by atoms with Crippen molar-refractivity contribution in [3.63, 3.8) is 0 Å². The predicted molar refractivity (Wildman–Crippen MR) is 74.8 cm³/mol. The molecule has 0 spiro atoms. The molecule has 0 heterocycles. The van der Waals surface area contributed by atoms with E-state index in [1.807, 2.05) is 0 Å². The van der Waals surface area contributed by atoms with Crippen LogP contribution >= 0.6 is 11.6 Å². The summed E-state index contributed by atoms with van der Waals surface area (Å²) in [5.41, 5.74) is -1.66. The van der Waals surface area contributed by atoms with Crippen LogP contribution in [-0.2, 0) is 6.18 Å². The smallest absolute Gasteiger partial charge is 0.416 e. The van der Waals surface area contributed by atoms with Crippen molar-refractivity contribution in [1.82, 2.24) is 0 Å². The summed E-state index contributed by atoms with van der Waals surface area (Å²) in [7, 11) is 0. The van der Waals surface area contributed by atoms with Crippen LogP contribution in [0, 0.1) is 0 Å². The van der Waals surface area contributed by atoms with Gasteiger partial charge in [-0.05, 0) is 42.5 Å². The maximum atomic E-state index is 12.7. The van der Waals surface area contributed by atoms with E-state index in [1.165, 1.54) is 24.3 Å². The molecule has 0 fully saturated rings. The van der Waals surface area contributed by atoms with E-state index < -0.39 is 35.0 Å². The van der Waals surface area contributed by atoms with Gasteiger partial charge in [0.1, 0.15) is 11.3 Å². The van der Waals surface area contributed by atoms with Crippen LogP contribution in [0.3, 0.4) is 0 Å².